The van der Waals surface area contributed by atoms with E-state index in [2.05, 4.69) is 20.8 Å². The van der Waals surface area contributed by atoms with Crippen LogP contribution in [0.4, 0.5) is 0 Å². The maximum absolute atomic E-state index is 12.1. The molecule has 0 radical (unpaired) electrons. The van der Waals surface area contributed by atoms with E-state index in [1.54, 1.807) is 4.90 Å². The summed E-state index contributed by atoms with van der Waals surface area (Å²) >= 11 is 0. The minimum absolute atomic E-state index is 0.00734. The van der Waals surface area contributed by atoms with Crippen LogP contribution in [-0.2, 0) is 15.0 Å². The number of likely N-dealkylation sites (tertiary alicyclic amines) is 1. The Labute approximate surface area is 137 Å². The molecule has 1 aromatic carbocycles. The minimum Gasteiger partial charge on any atom is -0.484 e. The van der Waals surface area contributed by atoms with Crippen LogP contribution in [0, 0.1) is 5.92 Å². The fourth-order valence-corrected chi connectivity index (χ4v) is 2.66. The van der Waals surface area contributed by atoms with Gasteiger partial charge >= 0.3 is 5.97 Å². The third-order valence-electron chi connectivity index (χ3n) is 4.28. The van der Waals surface area contributed by atoms with Crippen molar-refractivity contribution in [1.29, 1.82) is 0 Å². The van der Waals surface area contributed by atoms with Crippen LogP contribution in [0.2, 0.25) is 0 Å². The van der Waals surface area contributed by atoms with Crippen LogP contribution in [-0.4, -0.2) is 41.6 Å². The first-order chi connectivity index (χ1) is 10.8. The van der Waals surface area contributed by atoms with Gasteiger partial charge in [0.05, 0.1) is 5.92 Å². The zero-order chi connectivity index (χ0) is 17.0. The van der Waals surface area contributed by atoms with Gasteiger partial charge < -0.3 is 14.7 Å². The molecular formula is C18H25NO4. The number of amides is 1. The Morgan fingerprint density at radius 1 is 1.17 bits per heavy atom. The molecule has 0 saturated carbocycles. The summed E-state index contributed by atoms with van der Waals surface area (Å²) in [6.07, 6.45) is 1.03. The fraction of sp³-hybridized carbons (Fsp3) is 0.556. The summed E-state index contributed by atoms with van der Waals surface area (Å²) in [6.45, 7) is 7.41. The normalized spacial score (nSPS) is 16.2. The molecule has 126 valence electrons. The number of carbonyl (C=O) groups is 2. The van der Waals surface area contributed by atoms with Crippen LogP contribution in [0.5, 0.6) is 5.75 Å². The van der Waals surface area contributed by atoms with Crippen molar-refractivity contribution in [1.82, 2.24) is 4.90 Å². The molecule has 1 amide bonds. The van der Waals surface area contributed by atoms with Crippen molar-refractivity contribution < 1.29 is 19.4 Å². The highest BCUT2D eigenvalue weighted by Gasteiger charge is 2.27. The Hall–Kier alpha value is -2.04. The molecular weight excluding hydrogens is 294 g/mol. The lowest BCUT2D eigenvalue weighted by molar-refractivity contribution is -0.146. The number of benzene rings is 1. The summed E-state index contributed by atoms with van der Waals surface area (Å²) in [4.78, 5) is 24.7. The third-order valence-corrected chi connectivity index (χ3v) is 4.28. The van der Waals surface area contributed by atoms with E-state index in [-0.39, 0.29) is 23.8 Å². The van der Waals surface area contributed by atoms with Gasteiger partial charge in [0.15, 0.2) is 6.61 Å². The molecule has 1 aliphatic rings. The maximum Gasteiger partial charge on any atom is 0.306 e. The number of aliphatic carboxylic acids is 1. The average molecular weight is 319 g/mol. The highest BCUT2D eigenvalue weighted by atomic mass is 16.5. The van der Waals surface area contributed by atoms with Crippen LogP contribution >= 0.6 is 0 Å². The number of carboxylic acid groups (broad SMARTS) is 1. The van der Waals surface area contributed by atoms with Gasteiger partial charge in [0.25, 0.3) is 5.91 Å². The van der Waals surface area contributed by atoms with Gasteiger partial charge in [0.1, 0.15) is 5.75 Å². The summed E-state index contributed by atoms with van der Waals surface area (Å²) in [5.41, 5.74) is 1.30. The summed E-state index contributed by atoms with van der Waals surface area (Å²) in [7, 11) is 0. The van der Waals surface area contributed by atoms with E-state index >= 15 is 0 Å². The van der Waals surface area contributed by atoms with Crippen LogP contribution in [0.25, 0.3) is 0 Å². The standard InChI is InChI=1S/C18H25NO4/c1-18(2,3)14-4-6-15(7-5-14)23-12-16(20)19-10-8-13(9-11-19)17(21)22/h4-7,13H,8-12H2,1-3H3,(H,21,22). The molecule has 0 unspecified atom stereocenters. The quantitative estimate of drug-likeness (QED) is 0.926. The Morgan fingerprint density at radius 3 is 2.22 bits per heavy atom. The van der Waals surface area contributed by atoms with Crippen LogP contribution in [0.1, 0.15) is 39.2 Å². The van der Waals surface area contributed by atoms with Crippen molar-refractivity contribution in [3.8, 4) is 5.75 Å². The number of hydrogen-bond donors (Lipinski definition) is 1. The van der Waals surface area contributed by atoms with Crippen molar-refractivity contribution >= 4 is 11.9 Å². The second-order valence-corrected chi connectivity index (χ2v) is 7.06. The van der Waals surface area contributed by atoms with E-state index in [4.69, 9.17) is 9.84 Å². The summed E-state index contributed by atoms with van der Waals surface area (Å²) in [6, 6.07) is 7.78. The maximum atomic E-state index is 12.1. The topological polar surface area (TPSA) is 66.8 Å². The second-order valence-electron chi connectivity index (χ2n) is 7.06. The minimum atomic E-state index is -0.771. The van der Waals surface area contributed by atoms with Crippen molar-refractivity contribution in [2.24, 2.45) is 5.92 Å². The zero-order valence-corrected chi connectivity index (χ0v) is 14.0. The average Bonchev–Trinajstić information content (AvgIpc) is 2.52. The lowest BCUT2D eigenvalue weighted by Gasteiger charge is -2.30. The van der Waals surface area contributed by atoms with Crippen LogP contribution in [0.3, 0.4) is 0 Å². The monoisotopic (exact) mass is 319 g/mol. The Morgan fingerprint density at radius 2 is 1.74 bits per heavy atom. The smallest absolute Gasteiger partial charge is 0.306 e. The molecule has 1 saturated heterocycles. The van der Waals surface area contributed by atoms with Crippen molar-refractivity contribution in [3.05, 3.63) is 29.8 Å². The number of piperidine rings is 1. The molecule has 0 aromatic heterocycles. The Kier molecular flexibility index (Phi) is 5.29. The molecule has 0 spiro atoms. The summed E-state index contributed by atoms with van der Waals surface area (Å²) in [5, 5.41) is 8.97. The highest BCUT2D eigenvalue weighted by molar-refractivity contribution is 5.78. The van der Waals surface area contributed by atoms with Gasteiger partial charge in [0, 0.05) is 13.1 Å². The number of carbonyl (C=O) groups excluding carboxylic acids is 1. The van der Waals surface area contributed by atoms with E-state index in [1.165, 1.54) is 5.56 Å². The van der Waals surface area contributed by atoms with E-state index < -0.39 is 5.97 Å². The SMILES string of the molecule is CC(C)(C)c1ccc(OCC(=O)N2CCC(C(=O)O)CC2)cc1. The predicted octanol–water partition coefficient (Wildman–Crippen LogP) is 2.69. The number of hydrogen-bond acceptors (Lipinski definition) is 3. The molecule has 1 aromatic rings. The van der Waals surface area contributed by atoms with Gasteiger partial charge in [-0.05, 0) is 36.0 Å². The Bertz CT molecular complexity index is 551. The van der Waals surface area contributed by atoms with Gasteiger partial charge in [-0.1, -0.05) is 32.9 Å². The molecule has 0 aliphatic carbocycles. The molecule has 1 N–H and O–H groups in total. The van der Waals surface area contributed by atoms with E-state index in [0.29, 0.717) is 31.7 Å². The van der Waals surface area contributed by atoms with Crippen LogP contribution < -0.4 is 4.74 Å². The highest BCUT2D eigenvalue weighted by Crippen LogP contribution is 2.24. The van der Waals surface area contributed by atoms with Gasteiger partial charge in [0.2, 0.25) is 0 Å². The molecule has 1 heterocycles. The molecule has 23 heavy (non-hydrogen) atoms. The van der Waals surface area contributed by atoms with E-state index in [9.17, 15) is 9.59 Å². The van der Waals surface area contributed by atoms with E-state index in [0.717, 1.165) is 0 Å². The number of carboxylic acids is 1. The lowest BCUT2D eigenvalue weighted by Crippen LogP contribution is -2.42. The van der Waals surface area contributed by atoms with Crippen molar-refractivity contribution in [2.45, 2.75) is 39.0 Å². The van der Waals surface area contributed by atoms with Gasteiger partial charge in [-0.25, -0.2) is 0 Å². The fourth-order valence-electron chi connectivity index (χ4n) is 2.66. The van der Waals surface area contributed by atoms with Gasteiger partial charge in [-0.15, -0.1) is 0 Å². The largest absolute Gasteiger partial charge is 0.484 e. The Balaban J connectivity index is 1.82. The first kappa shape index (κ1) is 17.3. The second kappa shape index (κ2) is 7.02. The molecule has 5 heteroatoms. The van der Waals surface area contributed by atoms with Crippen molar-refractivity contribution in [3.63, 3.8) is 0 Å². The van der Waals surface area contributed by atoms with E-state index in [1.807, 2.05) is 24.3 Å². The first-order valence-corrected chi connectivity index (χ1v) is 8.01. The number of ether oxygens (including phenoxy) is 1. The van der Waals surface area contributed by atoms with Crippen molar-refractivity contribution in [2.75, 3.05) is 19.7 Å². The molecule has 2 rings (SSSR count). The molecule has 1 aliphatic heterocycles. The van der Waals surface area contributed by atoms with Gasteiger partial charge in [-0.2, -0.15) is 0 Å². The predicted molar refractivity (Wildman–Crippen MR) is 87.6 cm³/mol. The molecule has 0 atom stereocenters. The van der Waals surface area contributed by atoms with Gasteiger partial charge in [-0.3, -0.25) is 9.59 Å². The molecule has 5 nitrogen and oxygen atoms in total. The zero-order valence-electron chi connectivity index (χ0n) is 14.0. The molecule has 0 bridgehead atoms. The molecule has 1 fully saturated rings. The first-order valence-electron chi connectivity index (χ1n) is 8.01. The third kappa shape index (κ3) is 4.71. The lowest BCUT2D eigenvalue weighted by atomic mass is 9.87. The van der Waals surface area contributed by atoms with Crippen LogP contribution in [0.15, 0.2) is 24.3 Å². The number of rotatable bonds is 4. The number of nitrogens with zero attached hydrogens (tertiary/aromatic N) is 1. The summed E-state index contributed by atoms with van der Waals surface area (Å²) < 4.78 is 5.56. The summed E-state index contributed by atoms with van der Waals surface area (Å²) in [5.74, 6) is -0.516.